The Labute approximate surface area is 94.4 Å². The van der Waals surface area contributed by atoms with Crippen LogP contribution in [0.15, 0.2) is 0 Å². The quantitative estimate of drug-likeness (QED) is 0.648. The molecule has 0 aromatic carbocycles. The van der Waals surface area contributed by atoms with Crippen molar-refractivity contribution < 1.29 is 0 Å². The number of hydrogen-bond donors (Lipinski definition) is 2. The molecule has 0 saturated carbocycles. The molecule has 0 aromatic heterocycles. The van der Waals surface area contributed by atoms with Gasteiger partial charge in [-0.05, 0) is 65.2 Å². The minimum absolute atomic E-state index is 0.332. The maximum Gasteiger partial charge on any atom is 0.00225 e. The first-order valence-corrected chi connectivity index (χ1v) is 6.33. The van der Waals surface area contributed by atoms with Gasteiger partial charge >= 0.3 is 0 Å². The summed E-state index contributed by atoms with van der Waals surface area (Å²) in [7, 11) is 2.23. The lowest BCUT2D eigenvalue weighted by atomic mass is 9.95. The Hall–Kier alpha value is -0.120. The molecule has 0 radical (unpaired) electrons. The minimum Gasteiger partial charge on any atom is -0.328 e. The minimum atomic E-state index is 0.332. The topological polar surface area (TPSA) is 41.3 Å². The molecule has 0 spiro atoms. The summed E-state index contributed by atoms with van der Waals surface area (Å²) in [5.74, 6) is 0.909. The summed E-state index contributed by atoms with van der Waals surface area (Å²) in [5.41, 5.74) is 5.69. The maximum absolute atomic E-state index is 5.69. The van der Waals surface area contributed by atoms with Crippen molar-refractivity contribution in [3.63, 3.8) is 0 Å². The van der Waals surface area contributed by atoms with Gasteiger partial charge in [0.1, 0.15) is 0 Å². The first-order valence-electron chi connectivity index (χ1n) is 6.33. The van der Waals surface area contributed by atoms with E-state index in [1.807, 2.05) is 0 Å². The lowest BCUT2D eigenvalue weighted by Crippen LogP contribution is -2.34. The summed E-state index contributed by atoms with van der Waals surface area (Å²) in [6.45, 7) is 6.87. The molecular weight excluding hydrogens is 186 g/mol. The molecule has 2 atom stereocenters. The van der Waals surface area contributed by atoms with Crippen molar-refractivity contribution in [1.29, 1.82) is 0 Å². The van der Waals surface area contributed by atoms with Crippen molar-refractivity contribution in [3.05, 3.63) is 0 Å². The first-order chi connectivity index (χ1) is 7.18. The Morgan fingerprint density at radius 1 is 1.47 bits per heavy atom. The highest BCUT2D eigenvalue weighted by Crippen LogP contribution is 2.17. The molecule has 1 saturated heterocycles. The van der Waals surface area contributed by atoms with Gasteiger partial charge in [0.2, 0.25) is 0 Å². The number of nitrogens with one attached hydrogen (secondary N) is 1. The van der Waals surface area contributed by atoms with Gasteiger partial charge in [0.05, 0.1) is 0 Å². The van der Waals surface area contributed by atoms with E-state index in [0.29, 0.717) is 6.04 Å². The number of likely N-dealkylation sites (tertiary alicyclic amines) is 1. The second-order valence-electron chi connectivity index (χ2n) is 5.08. The largest absolute Gasteiger partial charge is 0.328 e. The molecule has 1 aliphatic rings. The fourth-order valence-corrected chi connectivity index (χ4v) is 2.27. The molecule has 3 heteroatoms. The van der Waals surface area contributed by atoms with Crippen LogP contribution >= 0.6 is 0 Å². The van der Waals surface area contributed by atoms with Gasteiger partial charge in [0.15, 0.2) is 0 Å². The average molecular weight is 213 g/mol. The highest BCUT2D eigenvalue weighted by Gasteiger charge is 2.16. The number of piperidine rings is 1. The number of nitrogens with two attached hydrogens (primary N) is 1. The molecule has 90 valence electrons. The first kappa shape index (κ1) is 12.9. The van der Waals surface area contributed by atoms with Crippen LogP contribution in [0, 0.1) is 5.92 Å². The predicted molar refractivity (Wildman–Crippen MR) is 66.0 cm³/mol. The molecular formula is C12H27N3. The van der Waals surface area contributed by atoms with E-state index in [9.17, 15) is 0 Å². The SMILES string of the molecule is CC(N)CCNCCC1CCCN(C)C1. The highest BCUT2D eigenvalue weighted by molar-refractivity contribution is 4.71. The second-order valence-corrected chi connectivity index (χ2v) is 5.08. The van der Waals surface area contributed by atoms with E-state index in [-0.39, 0.29) is 0 Å². The fraction of sp³-hybridized carbons (Fsp3) is 1.00. The zero-order valence-electron chi connectivity index (χ0n) is 10.3. The summed E-state index contributed by atoms with van der Waals surface area (Å²) < 4.78 is 0. The molecule has 3 N–H and O–H groups in total. The number of hydrogen-bond acceptors (Lipinski definition) is 3. The molecule has 0 aromatic rings. The van der Waals surface area contributed by atoms with Crippen molar-refractivity contribution in [2.24, 2.45) is 11.7 Å². The molecule has 15 heavy (non-hydrogen) atoms. The van der Waals surface area contributed by atoms with Gasteiger partial charge < -0.3 is 16.0 Å². The van der Waals surface area contributed by atoms with Gasteiger partial charge in [-0.1, -0.05) is 0 Å². The molecule has 0 aliphatic carbocycles. The van der Waals surface area contributed by atoms with Crippen LogP contribution in [0.5, 0.6) is 0 Å². The normalized spacial score (nSPS) is 25.4. The van der Waals surface area contributed by atoms with Crippen LogP contribution in [0.2, 0.25) is 0 Å². The molecule has 2 unspecified atom stereocenters. The van der Waals surface area contributed by atoms with Crippen LogP contribution in [-0.4, -0.2) is 44.2 Å². The molecule has 0 bridgehead atoms. The van der Waals surface area contributed by atoms with E-state index in [4.69, 9.17) is 5.73 Å². The maximum atomic E-state index is 5.69. The Balaban J connectivity index is 1.95. The van der Waals surface area contributed by atoms with Crippen LogP contribution in [0.25, 0.3) is 0 Å². The third-order valence-corrected chi connectivity index (χ3v) is 3.23. The van der Waals surface area contributed by atoms with E-state index in [0.717, 1.165) is 25.4 Å². The predicted octanol–water partition coefficient (Wildman–Crippen LogP) is 1.05. The Morgan fingerprint density at radius 2 is 2.27 bits per heavy atom. The van der Waals surface area contributed by atoms with Crippen LogP contribution in [0.4, 0.5) is 0 Å². The summed E-state index contributed by atoms with van der Waals surface area (Å²) >= 11 is 0. The lowest BCUT2D eigenvalue weighted by Gasteiger charge is -2.29. The number of rotatable bonds is 6. The van der Waals surface area contributed by atoms with E-state index < -0.39 is 0 Å². The van der Waals surface area contributed by atoms with E-state index in [1.54, 1.807) is 0 Å². The highest BCUT2D eigenvalue weighted by atomic mass is 15.1. The summed E-state index contributed by atoms with van der Waals surface area (Å²) in [5, 5.41) is 3.48. The average Bonchev–Trinajstić information content (AvgIpc) is 2.17. The molecule has 0 amide bonds. The number of nitrogens with zero attached hydrogens (tertiary/aromatic N) is 1. The van der Waals surface area contributed by atoms with Gasteiger partial charge in [-0.2, -0.15) is 0 Å². The lowest BCUT2D eigenvalue weighted by molar-refractivity contribution is 0.201. The van der Waals surface area contributed by atoms with Crippen LogP contribution < -0.4 is 11.1 Å². The summed E-state index contributed by atoms with van der Waals surface area (Å²) in [6, 6.07) is 0.332. The zero-order valence-corrected chi connectivity index (χ0v) is 10.3. The Bertz CT molecular complexity index is 159. The zero-order chi connectivity index (χ0) is 11.1. The molecule has 1 rings (SSSR count). The molecule has 1 heterocycles. The van der Waals surface area contributed by atoms with Gasteiger partial charge in [0.25, 0.3) is 0 Å². The second kappa shape index (κ2) is 7.20. The van der Waals surface area contributed by atoms with Crippen LogP contribution in [-0.2, 0) is 0 Å². The van der Waals surface area contributed by atoms with E-state index in [1.165, 1.54) is 32.4 Å². The van der Waals surface area contributed by atoms with Gasteiger partial charge in [-0.25, -0.2) is 0 Å². The standard InChI is InChI=1S/C12H27N3/c1-11(13)5-7-14-8-6-12-4-3-9-15(2)10-12/h11-12,14H,3-10,13H2,1-2H3. The van der Waals surface area contributed by atoms with E-state index >= 15 is 0 Å². The summed E-state index contributed by atoms with van der Waals surface area (Å²) in [4.78, 5) is 2.45. The van der Waals surface area contributed by atoms with Crippen molar-refractivity contribution in [2.75, 3.05) is 33.2 Å². The van der Waals surface area contributed by atoms with Crippen LogP contribution in [0.1, 0.15) is 32.6 Å². The molecule has 1 fully saturated rings. The third-order valence-electron chi connectivity index (χ3n) is 3.23. The van der Waals surface area contributed by atoms with Crippen molar-refractivity contribution in [1.82, 2.24) is 10.2 Å². The van der Waals surface area contributed by atoms with Crippen molar-refractivity contribution in [2.45, 2.75) is 38.6 Å². The monoisotopic (exact) mass is 213 g/mol. The smallest absolute Gasteiger partial charge is 0.00225 e. The molecule has 3 nitrogen and oxygen atoms in total. The summed E-state index contributed by atoms with van der Waals surface area (Å²) in [6.07, 6.45) is 5.20. The van der Waals surface area contributed by atoms with Gasteiger partial charge in [0, 0.05) is 12.6 Å². The third kappa shape index (κ3) is 6.13. The van der Waals surface area contributed by atoms with E-state index in [2.05, 4.69) is 24.2 Å². The van der Waals surface area contributed by atoms with Crippen molar-refractivity contribution >= 4 is 0 Å². The Morgan fingerprint density at radius 3 is 2.93 bits per heavy atom. The van der Waals surface area contributed by atoms with Gasteiger partial charge in [-0.3, -0.25) is 0 Å². The Kier molecular flexibility index (Phi) is 6.22. The van der Waals surface area contributed by atoms with Crippen molar-refractivity contribution in [3.8, 4) is 0 Å². The molecule has 1 aliphatic heterocycles. The fourth-order valence-electron chi connectivity index (χ4n) is 2.27. The van der Waals surface area contributed by atoms with Gasteiger partial charge in [-0.15, -0.1) is 0 Å². The van der Waals surface area contributed by atoms with Crippen LogP contribution in [0.3, 0.4) is 0 Å².